The number of rotatable bonds is 24. The number of esters is 1. The molecule has 4 aromatic rings. The predicted molar refractivity (Wildman–Crippen MR) is 261 cm³/mol. The number of carboxylic acids is 1. The van der Waals surface area contributed by atoms with Crippen LogP contribution < -0.4 is 0 Å². The third-order valence-corrected chi connectivity index (χ3v) is 14.9. The van der Waals surface area contributed by atoms with Gasteiger partial charge in [0.1, 0.15) is 9.75 Å². The van der Waals surface area contributed by atoms with E-state index >= 15 is 0 Å². The molecule has 2 saturated heterocycles. The Kier molecular flexibility index (Phi) is 20.8. The monoisotopic (exact) mass is 996 g/mol. The van der Waals surface area contributed by atoms with Gasteiger partial charge in [-0.1, -0.05) is 98.8 Å². The topological polar surface area (TPSA) is 145 Å². The molecule has 0 unspecified atom stereocenters. The average molecular weight is 997 g/mol. The fourth-order valence-corrected chi connectivity index (χ4v) is 10.3. The van der Waals surface area contributed by atoms with Gasteiger partial charge in [0, 0.05) is 35.7 Å². The normalized spacial score (nSPS) is 19.4. The molecule has 69 heavy (non-hydrogen) atoms. The number of halogens is 4. The lowest BCUT2D eigenvalue weighted by molar-refractivity contribution is -0.148. The lowest BCUT2D eigenvalue weighted by Gasteiger charge is -2.22. The van der Waals surface area contributed by atoms with Crippen LogP contribution in [0.3, 0.4) is 0 Å². The number of amides is 2. The molecule has 10 nitrogen and oxygen atoms in total. The van der Waals surface area contributed by atoms with Crippen molar-refractivity contribution in [3.8, 4) is 0 Å². The van der Waals surface area contributed by atoms with Crippen LogP contribution >= 0.6 is 22.7 Å². The molecule has 4 heterocycles. The van der Waals surface area contributed by atoms with Crippen molar-refractivity contribution in [3.05, 3.63) is 140 Å². The average Bonchev–Trinajstić information content (AvgIpc) is 4.11. The molecule has 0 spiro atoms. The number of aromatic carboxylic acids is 1. The number of aliphatic hydroxyl groups is 2. The highest BCUT2D eigenvalue weighted by atomic mass is 32.1. The molecule has 3 N–H and O–H groups in total. The zero-order valence-corrected chi connectivity index (χ0v) is 41.0. The fraction of sp³-hybridized carbons (Fsp3) is 0.472. The number of ether oxygens (including phenoxy) is 1. The number of alkyl halides is 4. The number of carboxylic acid groups (broad SMARTS) is 1. The quantitative estimate of drug-likeness (QED) is 0.0358. The smallest absolute Gasteiger partial charge is 0.348 e. The summed E-state index contributed by atoms with van der Waals surface area (Å²) in [5.74, 6) is -10.6. The Morgan fingerprint density at radius 2 is 1.06 bits per heavy atom. The van der Waals surface area contributed by atoms with Crippen molar-refractivity contribution in [2.24, 2.45) is 11.8 Å². The number of hydrogen-bond donors (Lipinski definition) is 3. The lowest BCUT2D eigenvalue weighted by Crippen LogP contribution is -2.36. The molecular formula is C53H64F4N2O8S2. The molecule has 2 aromatic heterocycles. The standard InChI is InChI=1S/C27H33F2NO4S.C26H31F2NO4S/c1-19(8-6-11-20-9-4-3-5-10-20)23(31)15-13-21-18-27(28,29)26(33)30(21)17-7-12-22-14-16-24(35-22)25(32)34-2;1-18(7-5-10-19-8-3-2-4-9-19)22(30)14-12-20-17-26(27,28)25(33)29(20)16-6-11-21-13-15-23(34-21)24(31)32/h3-5,9-10,13-16,19,21,23,31H,6-8,11-12,17-18H2,1-2H3;2-4,8-9,12-15,18,20,22,30H,5-7,10-11,16-17H2,1H3,(H,31,32)/b15-13+;14-12+/t19-,21-,23-;18-,20-,22-/m00/s1. The second-order valence-electron chi connectivity index (χ2n) is 17.9. The number of methoxy groups -OCH3 is 1. The van der Waals surface area contributed by atoms with Gasteiger partial charge in [-0.15, -0.1) is 22.7 Å². The molecule has 0 aliphatic carbocycles. The van der Waals surface area contributed by atoms with Crippen LogP contribution in [0.1, 0.15) is 105 Å². The molecule has 0 radical (unpaired) electrons. The minimum Gasteiger partial charge on any atom is -0.477 e. The van der Waals surface area contributed by atoms with Gasteiger partial charge in [0.2, 0.25) is 0 Å². The van der Waals surface area contributed by atoms with Gasteiger partial charge >= 0.3 is 23.8 Å². The fourth-order valence-electron chi connectivity index (χ4n) is 8.47. The molecular weight excluding hydrogens is 933 g/mol. The Morgan fingerprint density at radius 3 is 1.45 bits per heavy atom. The summed E-state index contributed by atoms with van der Waals surface area (Å²) in [5.41, 5.74) is 2.49. The van der Waals surface area contributed by atoms with E-state index in [1.165, 1.54) is 57.6 Å². The number of thiophene rings is 2. The number of aryl methyl sites for hydroxylation is 4. The van der Waals surface area contributed by atoms with Crippen molar-refractivity contribution < 1.29 is 56.8 Å². The molecule has 6 atom stereocenters. The van der Waals surface area contributed by atoms with Crippen molar-refractivity contribution in [2.75, 3.05) is 20.2 Å². The highest BCUT2D eigenvalue weighted by Crippen LogP contribution is 2.36. The first-order chi connectivity index (χ1) is 32.9. The first kappa shape index (κ1) is 54.8. The minimum absolute atomic E-state index is 0.0242. The van der Waals surface area contributed by atoms with E-state index in [2.05, 4.69) is 24.3 Å². The minimum atomic E-state index is -3.42. The van der Waals surface area contributed by atoms with Gasteiger partial charge in [-0.3, -0.25) is 9.59 Å². The third-order valence-electron chi connectivity index (χ3n) is 12.6. The first-order valence-electron chi connectivity index (χ1n) is 23.6. The van der Waals surface area contributed by atoms with E-state index in [0.717, 1.165) is 59.6 Å². The van der Waals surface area contributed by atoms with E-state index in [1.54, 1.807) is 24.3 Å². The largest absolute Gasteiger partial charge is 0.477 e. The third kappa shape index (κ3) is 16.5. The van der Waals surface area contributed by atoms with Crippen LogP contribution in [-0.2, 0) is 40.0 Å². The van der Waals surface area contributed by atoms with Crippen LogP contribution in [0.15, 0.2) is 109 Å². The zero-order chi connectivity index (χ0) is 50.1. The van der Waals surface area contributed by atoms with Crippen LogP contribution in [0.25, 0.3) is 0 Å². The number of carbonyl (C=O) groups excluding carboxylic acids is 3. The van der Waals surface area contributed by atoms with Crippen LogP contribution in [-0.4, -0.2) is 105 Å². The molecule has 2 amide bonds. The maximum absolute atomic E-state index is 14.2. The molecule has 0 bridgehead atoms. The SMILES string of the molecule is COC(=O)c1ccc(CCCN2C(=O)C(F)(F)C[C@@H]2/C=C/[C@H](O)[C@@H](C)CCCc2ccccc2)s1.C[C@@H](CCCc1ccccc1)[C@@H](O)/C=C/[C@H]1CC(F)(F)C(=O)N1CCCc1ccc(C(=O)O)s1. The lowest BCUT2D eigenvalue weighted by atomic mass is 9.95. The van der Waals surface area contributed by atoms with E-state index in [1.807, 2.05) is 56.3 Å². The summed E-state index contributed by atoms with van der Waals surface area (Å²) in [5, 5.41) is 30.1. The molecule has 6 rings (SSSR count). The summed E-state index contributed by atoms with van der Waals surface area (Å²) in [7, 11) is 1.32. The van der Waals surface area contributed by atoms with Crippen molar-refractivity contribution >= 4 is 46.4 Å². The summed E-state index contributed by atoms with van der Waals surface area (Å²) in [4.78, 5) is 52.0. The molecule has 374 valence electrons. The molecule has 0 saturated carbocycles. The number of nitrogens with zero attached hydrogens (tertiary/aromatic N) is 2. The van der Waals surface area contributed by atoms with E-state index in [-0.39, 0.29) is 29.8 Å². The van der Waals surface area contributed by atoms with Gasteiger partial charge < -0.3 is 29.9 Å². The Balaban J connectivity index is 0.000000258. The van der Waals surface area contributed by atoms with E-state index in [4.69, 9.17) is 9.84 Å². The number of aliphatic hydroxyl groups excluding tert-OH is 2. The van der Waals surface area contributed by atoms with Gasteiger partial charge in [0.15, 0.2) is 0 Å². The predicted octanol–water partition coefficient (Wildman–Crippen LogP) is 10.5. The Morgan fingerprint density at radius 1 is 0.652 bits per heavy atom. The highest BCUT2D eigenvalue weighted by molar-refractivity contribution is 7.14. The molecule has 16 heteroatoms. The van der Waals surface area contributed by atoms with E-state index in [0.29, 0.717) is 30.6 Å². The van der Waals surface area contributed by atoms with Crippen molar-refractivity contribution in [3.63, 3.8) is 0 Å². The van der Waals surface area contributed by atoms with Gasteiger partial charge in [-0.2, -0.15) is 17.6 Å². The Bertz CT molecular complexity index is 2320. The molecule has 2 aliphatic heterocycles. The van der Waals surface area contributed by atoms with Gasteiger partial charge in [0.05, 0.1) is 31.4 Å². The van der Waals surface area contributed by atoms with Crippen LogP contribution in [0.4, 0.5) is 17.6 Å². The Labute approximate surface area is 410 Å². The summed E-state index contributed by atoms with van der Waals surface area (Å²) in [6, 6.07) is 25.4. The first-order valence-corrected chi connectivity index (χ1v) is 25.2. The van der Waals surface area contributed by atoms with Crippen molar-refractivity contribution in [1.29, 1.82) is 0 Å². The van der Waals surface area contributed by atoms with Gasteiger partial charge in [-0.25, -0.2) is 9.59 Å². The summed E-state index contributed by atoms with van der Waals surface area (Å²) < 4.78 is 61.4. The van der Waals surface area contributed by atoms with Gasteiger partial charge in [-0.05, 0) is 111 Å². The van der Waals surface area contributed by atoms with Crippen LogP contribution in [0.2, 0.25) is 0 Å². The second-order valence-corrected chi connectivity index (χ2v) is 20.3. The zero-order valence-electron chi connectivity index (χ0n) is 39.4. The second kappa shape index (κ2) is 26.2. The Hall–Kier alpha value is -5.16. The molecule has 2 aromatic carbocycles. The van der Waals surface area contributed by atoms with E-state index in [9.17, 15) is 47.0 Å². The summed E-state index contributed by atoms with van der Waals surface area (Å²) in [6.07, 6.45) is 10.7. The molecule has 2 fully saturated rings. The maximum atomic E-state index is 14.2. The summed E-state index contributed by atoms with van der Waals surface area (Å²) >= 11 is 2.45. The number of likely N-dealkylation sites (tertiary alicyclic amines) is 2. The van der Waals surface area contributed by atoms with Crippen molar-refractivity contribution in [2.45, 2.75) is 127 Å². The maximum Gasteiger partial charge on any atom is 0.348 e. The van der Waals surface area contributed by atoms with Crippen molar-refractivity contribution in [1.82, 2.24) is 9.80 Å². The number of benzene rings is 2. The van der Waals surface area contributed by atoms with Crippen LogP contribution in [0.5, 0.6) is 0 Å². The molecule has 2 aliphatic rings. The van der Waals surface area contributed by atoms with E-state index < -0.39 is 72.7 Å². The highest BCUT2D eigenvalue weighted by Gasteiger charge is 2.53. The van der Waals surface area contributed by atoms with Crippen LogP contribution in [0, 0.1) is 11.8 Å². The number of carbonyl (C=O) groups is 4. The van der Waals surface area contributed by atoms with Gasteiger partial charge in [0.25, 0.3) is 11.8 Å². The number of hydrogen-bond acceptors (Lipinski definition) is 9. The summed E-state index contributed by atoms with van der Waals surface area (Å²) in [6.45, 7) is 4.19.